The molecule has 0 heterocycles. The lowest BCUT2D eigenvalue weighted by Crippen LogP contribution is -2.32. The second-order valence-corrected chi connectivity index (χ2v) is 8.03. The van der Waals surface area contributed by atoms with Crippen LogP contribution >= 0.6 is 0 Å². The molecule has 30 heavy (non-hydrogen) atoms. The smallest absolute Gasteiger partial charge is 0.340 e. The van der Waals surface area contributed by atoms with Gasteiger partial charge >= 0.3 is 5.97 Å². The van der Waals surface area contributed by atoms with Gasteiger partial charge in [0.1, 0.15) is 5.75 Å². The van der Waals surface area contributed by atoms with Crippen LogP contribution in [-0.2, 0) is 14.8 Å². The summed E-state index contributed by atoms with van der Waals surface area (Å²) in [6.07, 6.45) is 1.42. The predicted molar refractivity (Wildman–Crippen MR) is 113 cm³/mol. The Morgan fingerprint density at radius 2 is 1.60 bits per heavy atom. The zero-order valence-corrected chi connectivity index (χ0v) is 18.4. The molecule has 0 bridgehead atoms. The number of ether oxygens (including phenoxy) is 4. The number of anilines is 1. The fourth-order valence-corrected chi connectivity index (χ4v) is 4.46. The van der Waals surface area contributed by atoms with Gasteiger partial charge in [0, 0.05) is 12.1 Å². The zero-order valence-electron chi connectivity index (χ0n) is 17.6. The Balaban J connectivity index is 2.76. The van der Waals surface area contributed by atoms with Crippen molar-refractivity contribution in [2.24, 2.45) is 0 Å². The van der Waals surface area contributed by atoms with Crippen LogP contribution in [0.25, 0.3) is 0 Å². The monoisotopic (exact) mass is 435 g/mol. The average molecular weight is 435 g/mol. The summed E-state index contributed by atoms with van der Waals surface area (Å²) in [5.41, 5.74) is 0.733. The number of esters is 1. The van der Waals surface area contributed by atoms with Crippen molar-refractivity contribution in [2.75, 3.05) is 39.3 Å². The molecule has 0 aliphatic heterocycles. The molecule has 0 aliphatic rings. The van der Waals surface area contributed by atoms with Crippen LogP contribution in [0, 0.1) is 6.92 Å². The molecule has 0 N–H and O–H groups in total. The van der Waals surface area contributed by atoms with E-state index in [4.69, 9.17) is 18.9 Å². The van der Waals surface area contributed by atoms with Gasteiger partial charge in [-0.25, -0.2) is 13.2 Å². The number of methoxy groups -OCH3 is 4. The minimum atomic E-state index is -4.07. The van der Waals surface area contributed by atoms with Crippen LogP contribution in [-0.4, -0.2) is 49.4 Å². The Labute approximate surface area is 176 Å². The molecule has 0 radical (unpaired) electrons. The quantitative estimate of drug-likeness (QED) is 0.441. The standard InChI is InChI=1S/C21H25NO7S/c1-7-10-22(30(24,25)15-8-9-18(26-3)14(2)11-15)17-13-20(28-5)19(27-4)12-16(17)21(23)29-6/h7-9,11-13H,1,10H2,2-6H3. The third-order valence-corrected chi connectivity index (χ3v) is 6.20. The SMILES string of the molecule is C=CCN(c1cc(OC)c(OC)cc1C(=O)OC)S(=O)(=O)c1ccc(OC)c(C)c1. The van der Waals surface area contributed by atoms with Gasteiger partial charge in [0.05, 0.1) is 51.1 Å². The average Bonchev–Trinajstić information content (AvgIpc) is 2.75. The molecule has 0 saturated carbocycles. The topological polar surface area (TPSA) is 91.4 Å². The summed E-state index contributed by atoms with van der Waals surface area (Å²) < 4.78 is 48.7. The number of hydrogen-bond acceptors (Lipinski definition) is 7. The molecule has 0 aliphatic carbocycles. The molecule has 0 spiro atoms. The van der Waals surface area contributed by atoms with Gasteiger partial charge in [-0.3, -0.25) is 4.31 Å². The first kappa shape index (κ1) is 23.1. The van der Waals surface area contributed by atoms with E-state index in [1.807, 2.05) is 0 Å². The van der Waals surface area contributed by atoms with E-state index in [0.717, 1.165) is 4.31 Å². The molecule has 0 saturated heterocycles. The molecule has 162 valence electrons. The summed E-state index contributed by atoms with van der Waals surface area (Å²) in [4.78, 5) is 12.5. The van der Waals surface area contributed by atoms with Crippen molar-refractivity contribution < 1.29 is 32.2 Å². The third kappa shape index (κ3) is 4.35. The number of rotatable bonds is 9. The molecule has 0 aromatic heterocycles. The van der Waals surface area contributed by atoms with Crippen LogP contribution in [0.4, 0.5) is 5.69 Å². The lowest BCUT2D eigenvalue weighted by molar-refractivity contribution is 0.0601. The molecule has 0 fully saturated rings. The van der Waals surface area contributed by atoms with E-state index in [-0.39, 0.29) is 34.2 Å². The van der Waals surface area contributed by atoms with E-state index in [0.29, 0.717) is 11.3 Å². The van der Waals surface area contributed by atoms with Crippen molar-refractivity contribution in [3.63, 3.8) is 0 Å². The van der Waals surface area contributed by atoms with E-state index < -0.39 is 16.0 Å². The van der Waals surface area contributed by atoms with E-state index in [1.54, 1.807) is 13.0 Å². The number of carbonyl (C=O) groups excluding carboxylic acids is 1. The summed E-state index contributed by atoms with van der Waals surface area (Å²) in [6, 6.07) is 7.32. The summed E-state index contributed by atoms with van der Waals surface area (Å²) in [5, 5.41) is 0. The maximum absolute atomic E-state index is 13.5. The maximum atomic E-state index is 13.5. The highest BCUT2D eigenvalue weighted by Gasteiger charge is 2.30. The van der Waals surface area contributed by atoms with E-state index in [2.05, 4.69) is 6.58 Å². The summed E-state index contributed by atoms with van der Waals surface area (Å²) in [7, 11) is 1.48. The molecule has 2 aromatic rings. The van der Waals surface area contributed by atoms with Crippen molar-refractivity contribution in [3.05, 3.63) is 54.1 Å². The van der Waals surface area contributed by atoms with Crippen LogP contribution in [0.5, 0.6) is 17.2 Å². The highest BCUT2D eigenvalue weighted by Crippen LogP contribution is 2.38. The van der Waals surface area contributed by atoms with Crippen LogP contribution in [0.1, 0.15) is 15.9 Å². The highest BCUT2D eigenvalue weighted by molar-refractivity contribution is 7.92. The van der Waals surface area contributed by atoms with E-state index >= 15 is 0 Å². The van der Waals surface area contributed by atoms with Crippen molar-refractivity contribution >= 4 is 21.7 Å². The first-order valence-corrected chi connectivity index (χ1v) is 10.3. The fraction of sp³-hybridized carbons (Fsp3) is 0.286. The van der Waals surface area contributed by atoms with Gasteiger partial charge in [-0.15, -0.1) is 6.58 Å². The lowest BCUT2D eigenvalue weighted by atomic mass is 10.1. The van der Waals surface area contributed by atoms with Crippen molar-refractivity contribution in [1.29, 1.82) is 0 Å². The van der Waals surface area contributed by atoms with Crippen LogP contribution in [0.15, 0.2) is 47.9 Å². The number of nitrogens with zero attached hydrogens (tertiary/aromatic N) is 1. The van der Waals surface area contributed by atoms with Gasteiger partial charge in [-0.1, -0.05) is 6.08 Å². The van der Waals surface area contributed by atoms with Crippen LogP contribution in [0.3, 0.4) is 0 Å². The highest BCUT2D eigenvalue weighted by atomic mass is 32.2. The Bertz CT molecular complexity index is 1050. The van der Waals surface area contributed by atoms with Crippen molar-refractivity contribution in [3.8, 4) is 17.2 Å². The molecule has 0 atom stereocenters. The van der Waals surface area contributed by atoms with E-state index in [1.165, 1.54) is 58.8 Å². The molecule has 9 heteroatoms. The first-order valence-electron chi connectivity index (χ1n) is 8.87. The molecule has 0 unspecified atom stereocenters. The largest absolute Gasteiger partial charge is 0.496 e. The van der Waals surface area contributed by atoms with Gasteiger partial charge in [-0.2, -0.15) is 0 Å². The van der Waals surface area contributed by atoms with Crippen molar-refractivity contribution in [1.82, 2.24) is 0 Å². The molecular formula is C21H25NO7S. The number of aryl methyl sites for hydroxylation is 1. The van der Waals surface area contributed by atoms with Crippen molar-refractivity contribution in [2.45, 2.75) is 11.8 Å². The van der Waals surface area contributed by atoms with Gasteiger partial charge in [0.2, 0.25) is 0 Å². The second kappa shape index (κ2) is 9.53. The van der Waals surface area contributed by atoms with Gasteiger partial charge < -0.3 is 18.9 Å². The summed E-state index contributed by atoms with van der Waals surface area (Å²) in [6.45, 7) is 5.30. The van der Waals surface area contributed by atoms with Crippen LogP contribution < -0.4 is 18.5 Å². The molecule has 2 aromatic carbocycles. The molecular weight excluding hydrogens is 410 g/mol. The summed E-state index contributed by atoms with van der Waals surface area (Å²) >= 11 is 0. The second-order valence-electron chi connectivity index (χ2n) is 6.17. The summed E-state index contributed by atoms with van der Waals surface area (Å²) in [5.74, 6) is 0.361. The Morgan fingerprint density at radius 3 is 2.10 bits per heavy atom. The first-order chi connectivity index (χ1) is 14.2. The maximum Gasteiger partial charge on any atom is 0.340 e. The molecule has 2 rings (SSSR count). The fourth-order valence-electron chi connectivity index (χ4n) is 2.93. The Hall–Kier alpha value is -3.20. The third-order valence-electron chi connectivity index (χ3n) is 4.43. The van der Waals surface area contributed by atoms with Gasteiger partial charge in [0.15, 0.2) is 11.5 Å². The normalized spacial score (nSPS) is 10.8. The van der Waals surface area contributed by atoms with Crippen LogP contribution in [0.2, 0.25) is 0 Å². The Morgan fingerprint density at radius 1 is 1.00 bits per heavy atom. The number of benzene rings is 2. The minimum Gasteiger partial charge on any atom is -0.496 e. The van der Waals surface area contributed by atoms with Gasteiger partial charge in [0.25, 0.3) is 10.0 Å². The number of carbonyl (C=O) groups is 1. The van der Waals surface area contributed by atoms with E-state index in [9.17, 15) is 13.2 Å². The van der Waals surface area contributed by atoms with Gasteiger partial charge in [-0.05, 0) is 30.7 Å². The number of hydrogen-bond donors (Lipinski definition) is 0. The molecule has 0 amide bonds. The predicted octanol–water partition coefficient (Wildman–Crippen LogP) is 3.19. The molecule has 8 nitrogen and oxygen atoms in total. The minimum absolute atomic E-state index is 0.00538. The number of sulfonamides is 1. The zero-order chi connectivity index (χ0) is 22.5. The Kier molecular flexibility index (Phi) is 7.33. The lowest BCUT2D eigenvalue weighted by Gasteiger charge is -2.26.